The van der Waals surface area contributed by atoms with E-state index >= 15 is 0 Å². The molecule has 1 fully saturated rings. The Hall–Kier alpha value is -2.25. The Bertz CT molecular complexity index is 738. The molecule has 0 aliphatic carbocycles. The lowest BCUT2D eigenvalue weighted by Gasteiger charge is -2.26. The molecule has 128 valence electrons. The van der Waals surface area contributed by atoms with Crippen LogP contribution in [0.1, 0.15) is 11.5 Å². The number of fused-ring (bicyclic) bond motifs is 1. The summed E-state index contributed by atoms with van der Waals surface area (Å²) in [6.07, 6.45) is 0. The van der Waals surface area contributed by atoms with Gasteiger partial charge in [0.2, 0.25) is 18.4 Å². The molecule has 4 rings (SSSR count). The highest BCUT2D eigenvalue weighted by Crippen LogP contribution is 2.44. The molecule has 2 aliphatic heterocycles. The smallest absolute Gasteiger partial charge is 0.231 e. The van der Waals surface area contributed by atoms with Gasteiger partial charge in [-0.1, -0.05) is 0 Å². The Morgan fingerprint density at radius 1 is 1.25 bits per heavy atom. The van der Waals surface area contributed by atoms with Gasteiger partial charge in [0.25, 0.3) is 0 Å². The summed E-state index contributed by atoms with van der Waals surface area (Å²) in [4.78, 5) is 7.07. The fourth-order valence-corrected chi connectivity index (χ4v) is 3.03. The Kier molecular flexibility index (Phi) is 4.03. The molecule has 2 aliphatic rings. The second-order valence-electron chi connectivity index (χ2n) is 5.96. The maximum atomic E-state index is 5.90. The molecule has 2 aromatic rings. The number of methoxy groups -OCH3 is 1. The number of oxazole rings is 1. The van der Waals surface area contributed by atoms with Crippen molar-refractivity contribution < 1.29 is 18.6 Å². The lowest BCUT2D eigenvalue weighted by molar-refractivity contribution is 0.171. The van der Waals surface area contributed by atoms with E-state index in [9.17, 15) is 0 Å². The first-order valence-electron chi connectivity index (χ1n) is 8.12. The second kappa shape index (κ2) is 6.33. The van der Waals surface area contributed by atoms with Crippen LogP contribution in [-0.2, 0) is 6.54 Å². The molecule has 0 unspecified atom stereocenters. The molecule has 1 aromatic carbocycles. The van der Waals surface area contributed by atoms with Crippen LogP contribution in [0.5, 0.6) is 17.2 Å². The van der Waals surface area contributed by atoms with Crippen molar-refractivity contribution in [2.75, 3.05) is 40.1 Å². The molecule has 1 saturated heterocycles. The minimum Gasteiger partial charge on any atom is -0.493 e. The second-order valence-corrected chi connectivity index (χ2v) is 5.96. The van der Waals surface area contributed by atoms with Crippen molar-refractivity contribution >= 4 is 0 Å². The van der Waals surface area contributed by atoms with Crippen LogP contribution in [0, 0.1) is 6.92 Å². The Morgan fingerprint density at radius 2 is 2.08 bits per heavy atom. The minimum absolute atomic E-state index is 0.202. The zero-order valence-corrected chi connectivity index (χ0v) is 13.9. The van der Waals surface area contributed by atoms with Crippen LogP contribution in [0.4, 0.5) is 0 Å². The van der Waals surface area contributed by atoms with Crippen molar-refractivity contribution in [1.29, 1.82) is 0 Å². The van der Waals surface area contributed by atoms with Gasteiger partial charge in [0.1, 0.15) is 5.76 Å². The number of nitrogens with one attached hydrogen (secondary N) is 1. The molecule has 0 amide bonds. The molecule has 1 N–H and O–H groups in total. The third-order valence-electron chi connectivity index (χ3n) is 4.38. The van der Waals surface area contributed by atoms with E-state index in [4.69, 9.17) is 23.6 Å². The maximum absolute atomic E-state index is 5.90. The zero-order chi connectivity index (χ0) is 16.5. The van der Waals surface area contributed by atoms with Gasteiger partial charge >= 0.3 is 0 Å². The average Bonchev–Trinajstić information content (AvgIpc) is 3.22. The van der Waals surface area contributed by atoms with Gasteiger partial charge in [0.05, 0.1) is 12.8 Å². The number of nitrogens with zero attached hydrogens (tertiary/aromatic N) is 2. The highest BCUT2D eigenvalue weighted by atomic mass is 16.7. The van der Waals surface area contributed by atoms with Crippen LogP contribution < -0.4 is 19.5 Å². The first-order chi connectivity index (χ1) is 11.7. The van der Waals surface area contributed by atoms with Gasteiger partial charge in [-0.3, -0.25) is 4.90 Å². The highest BCUT2D eigenvalue weighted by molar-refractivity contribution is 5.66. The molecule has 7 heteroatoms. The largest absolute Gasteiger partial charge is 0.493 e. The molecule has 0 spiro atoms. The van der Waals surface area contributed by atoms with Gasteiger partial charge < -0.3 is 23.9 Å². The number of piperazine rings is 1. The molecule has 24 heavy (non-hydrogen) atoms. The molecular formula is C17H21N3O4. The number of ether oxygens (including phenoxy) is 3. The topological polar surface area (TPSA) is 69.0 Å². The summed E-state index contributed by atoms with van der Waals surface area (Å²) in [5.41, 5.74) is 1.80. The molecule has 3 heterocycles. The van der Waals surface area contributed by atoms with Gasteiger partial charge in [-0.15, -0.1) is 0 Å². The fourth-order valence-electron chi connectivity index (χ4n) is 3.03. The number of rotatable bonds is 4. The van der Waals surface area contributed by atoms with E-state index in [0.29, 0.717) is 23.1 Å². The van der Waals surface area contributed by atoms with Crippen LogP contribution in [0.25, 0.3) is 11.5 Å². The molecule has 0 saturated carbocycles. The van der Waals surface area contributed by atoms with Crippen LogP contribution in [0.2, 0.25) is 0 Å². The van der Waals surface area contributed by atoms with Gasteiger partial charge in [-0.05, 0) is 19.1 Å². The first kappa shape index (κ1) is 15.3. The lowest BCUT2D eigenvalue weighted by Crippen LogP contribution is -2.43. The summed E-state index contributed by atoms with van der Waals surface area (Å²) in [5, 5.41) is 3.36. The number of aryl methyl sites for hydroxylation is 1. The predicted octanol–water partition coefficient (Wildman–Crippen LogP) is 1.79. The van der Waals surface area contributed by atoms with E-state index in [0.717, 1.165) is 49.7 Å². The molecular weight excluding hydrogens is 310 g/mol. The molecule has 7 nitrogen and oxygen atoms in total. The Morgan fingerprint density at radius 3 is 2.88 bits per heavy atom. The number of hydrogen-bond donors (Lipinski definition) is 1. The number of benzene rings is 1. The first-order valence-corrected chi connectivity index (χ1v) is 8.12. The van der Waals surface area contributed by atoms with Crippen molar-refractivity contribution in [3.63, 3.8) is 0 Å². The molecule has 0 radical (unpaired) electrons. The van der Waals surface area contributed by atoms with Crippen molar-refractivity contribution in [2.24, 2.45) is 0 Å². The van der Waals surface area contributed by atoms with Crippen molar-refractivity contribution in [3.05, 3.63) is 23.6 Å². The van der Waals surface area contributed by atoms with E-state index in [1.807, 2.05) is 19.1 Å². The van der Waals surface area contributed by atoms with Crippen molar-refractivity contribution in [3.8, 4) is 28.7 Å². The van der Waals surface area contributed by atoms with Crippen LogP contribution in [0.15, 0.2) is 16.5 Å². The standard InChI is InChI=1S/C17H21N3O4/c1-11-13(9-20-5-3-18-4-6-20)19-17(24-11)12-7-14(21-2)16-15(8-12)22-10-23-16/h7-8,18H,3-6,9-10H2,1-2H3. The monoisotopic (exact) mass is 331 g/mol. The van der Waals surface area contributed by atoms with E-state index in [-0.39, 0.29) is 6.79 Å². The Balaban J connectivity index is 1.62. The van der Waals surface area contributed by atoms with Crippen LogP contribution in [0.3, 0.4) is 0 Å². The van der Waals surface area contributed by atoms with Crippen molar-refractivity contribution in [2.45, 2.75) is 13.5 Å². The third kappa shape index (κ3) is 2.81. The predicted molar refractivity (Wildman–Crippen MR) is 87.5 cm³/mol. The highest BCUT2D eigenvalue weighted by Gasteiger charge is 2.23. The quantitative estimate of drug-likeness (QED) is 0.916. The van der Waals surface area contributed by atoms with Crippen molar-refractivity contribution in [1.82, 2.24) is 15.2 Å². The SMILES string of the molecule is COc1cc(-c2nc(CN3CCNCC3)c(C)o2)cc2c1OCO2. The molecule has 0 bridgehead atoms. The van der Waals surface area contributed by atoms with Gasteiger partial charge in [0, 0.05) is 38.3 Å². The summed E-state index contributed by atoms with van der Waals surface area (Å²) >= 11 is 0. The van der Waals surface area contributed by atoms with Gasteiger partial charge in [-0.2, -0.15) is 0 Å². The van der Waals surface area contributed by atoms with E-state index in [1.165, 1.54) is 0 Å². The summed E-state index contributed by atoms with van der Waals surface area (Å²) < 4.78 is 22.2. The third-order valence-corrected chi connectivity index (χ3v) is 4.38. The number of hydrogen-bond acceptors (Lipinski definition) is 7. The van der Waals surface area contributed by atoms with Crippen LogP contribution >= 0.6 is 0 Å². The maximum Gasteiger partial charge on any atom is 0.231 e. The fraction of sp³-hybridized carbons (Fsp3) is 0.471. The minimum atomic E-state index is 0.202. The Labute approximate surface area is 140 Å². The number of aromatic nitrogens is 1. The molecule has 0 atom stereocenters. The van der Waals surface area contributed by atoms with E-state index in [2.05, 4.69) is 10.2 Å². The summed E-state index contributed by atoms with van der Waals surface area (Å²) in [7, 11) is 1.61. The average molecular weight is 331 g/mol. The summed E-state index contributed by atoms with van der Waals surface area (Å²) in [5.74, 6) is 3.34. The zero-order valence-electron chi connectivity index (χ0n) is 13.9. The van der Waals surface area contributed by atoms with Gasteiger partial charge in [-0.25, -0.2) is 4.98 Å². The summed E-state index contributed by atoms with van der Waals surface area (Å²) in [6.45, 7) is 7.05. The van der Waals surface area contributed by atoms with Crippen LogP contribution in [-0.4, -0.2) is 50.0 Å². The lowest BCUT2D eigenvalue weighted by atomic mass is 10.2. The summed E-state index contributed by atoms with van der Waals surface area (Å²) in [6, 6.07) is 3.75. The van der Waals surface area contributed by atoms with Gasteiger partial charge in [0.15, 0.2) is 11.5 Å². The van der Waals surface area contributed by atoms with E-state index in [1.54, 1.807) is 7.11 Å². The molecule has 1 aromatic heterocycles. The van der Waals surface area contributed by atoms with E-state index < -0.39 is 0 Å². The normalized spacial score (nSPS) is 17.2.